The summed E-state index contributed by atoms with van der Waals surface area (Å²) < 4.78 is 12.0. The molecule has 1 aromatic carbocycles. The second-order valence-corrected chi connectivity index (χ2v) is 5.53. The second kappa shape index (κ2) is 6.28. The van der Waals surface area contributed by atoms with Crippen molar-refractivity contribution in [3.8, 4) is 11.5 Å². The third-order valence-corrected chi connectivity index (χ3v) is 3.54. The zero-order valence-corrected chi connectivity index (χ0v) is 12.4. The summed E-state index contributed by atoms with van der Waals surface area (Å²) in [6.45, 7) is 0. The lowest BCUT2D eigenvalue weighted by molar-refractivity contribution is -0.137. The number of benzene rings is 1. The van der Waals surface area contributed by atoms with Crippen LogP contribution in [0.3, 0.4) is 0 Å². The maximum atomic E-state index is 10.5. The van der Waals surface area contributed by atoms with Crippen molar-refractivity contribution in [2.24, 2.45) is 0 Å². The molecular weight excluding hydrogens is 312 g/mol. The Labute approximate surface area is 120 Å². The average Bonchev–Trinajstić information content (AvgIpc) is 3.15. The van der Waals surface area contributed by atoms with E-state index in [0.29, 0.717) is 24.7 Å². The van der Waals surface area contributed by atoms with Gasteiger partial charge in [0.15, 0.2) is 11.5 Å². The first-order valence-electron chi connectivity index (χ1n) is 6.35. The van der Waals surface area contributed by atoms with Crippen LogP contribution in [0.5, 0.6) is 11.5 Å². The molecule has 0 heterocycles. The first-order valence-corrected chi connectivity index (χ1v) is 7.14. The van der Waals surface area contributed by atoms with Crippen molar-refractivity contribution in [1.29, 1.82) is 0 Å². The molecule has 1 aliphatic carbocycles. The SMILES string of the molecule is COc1cc(CCCC(=O)O)cc(Br)c1OC1CC1. The molecule has 1 fully saturated rings. The maximum Gasteiger partial charge on any atom is 0.303 e. The summed E-state index contributed by atoms with van der Waals surface area (Å²) in [5, 5.41) is 8.64. The zero-order valence-electron chi connectivity index (χ0n) is 10.8. The van der Waals surface area contributed by atoms with Crippen LogP contribution in [-0.4, -0.2) is 24.3 Å². The van der Waals surface area contributed by atoms with Gasteiger partial charge in [-0.2, -0.15) is 0 Å². The first-order chi connectivity index (χ1) is 9.10. The van der Waals surface area contributed by atoms with Gasteiger partial charge in [0, 0.05) is 6.42 Å². The van der Waals surface area contributed by atoms with Gasteiger partial charge in [-0.25, -0.2) is 0 Å². The number of aliphatic carboxylic acids is 1. The Morgan fingerprint density at radius 2 is 2.21 bits per heavy atom. The molecule has 0 spiro atoms. The van der Waals surface area contributed by atoms with Crippen LogP contribution in [0.25, 0.3) is 0 Å². The molecular formula is C14H17BrO4. The van der Waals surface area contributed by atoms with Crippen LogP contribution >= 0.6 is 15.9 Å². The molecule has 0 atom stereocenters. The topological polar surface area (TPSA) is 55.8 Å². The fraction of sp³-hybridized carbons (Fsp3) is 0.500. The molecule has 1 N–H and O–H groups in total. The predicted molar refractivity (Wildman–Crippen MR) is 74.9 cm³/mol. The summed E-state index contributed by atoms with van der Waals surface area (Å²) in [4.78, 5) is 10.5. The molecule has 4 nitrogen and oxygen atoms in total. The lowest BCUT2D eigenvalue weighted by Crippen LogP contribution is -2.01. The predicted octanol–water partition coefficient (Wildman–Crippen LogP) is 3.41. The normalized spacial score (nSPS) is 14.2. The molecule has 0 saturated heterocycles. The van der Waals surface area contributed by atoms with Crippen molar-refractivity contribution < 1.29 is 19.4 Å². The number of hydrogen-bond donors (Lipinski definition) is 1. The number of halogens is 1. The molecule has 0 bridgehead atoms. The highest BCUT2D eigenvalue weighted by molar-refractivity contribution is 9.10. The van der Waals surface area contributed by atoms with Crippen molar-refractivity contribution in [2.45, 2.75) is 38.2 Å². The number of rotatable bonds is 7. The first kappa shape index (κ1) is 14.2. The summed E-state index contributed by atoms with van der Waals surface area (Å²) in [7, 11) is 1.61. The number of carbonyl (C=O) groups is 1. The lowest BCUT2D eigenvalue weighted by atomic mass is 10.1. The van der Waals surface area contributed by atoms with Crippen molar-refractivity contribution in [2.75, 3.05) is 7.11 Å². The van der Waals surface area contributed by atoms with Gasteiger partial charge in [-0.05, 0) is 59.3 Å². The molecule has 1 aromatic rings. The monoisotopic (exact) mass is 328 g/mol. The minimum atomic E-state index is -0.764. The number of hydrogen-bond acceptors (Lipinski definition) is 3. The fourth-order valence-corrected chi connectivity index (χ4v) is 2.41. The van der Waals surface area contributed by atoms with Gasteiger partial charge < -0.3 is 14.6 Å². The lowest BCUT2D eigenvalue weighted by Gasteiger charge is -2.14. The standard InChI is InChI=1S/C14H17BrO4/c1-18-12-8-9(3-2-4-13(16)17)7-11(15)14(12)19-10-5-6-10/h7-8,10H,2-6H2,1H3,(H,16,17). The molecule has 2 rings (SSSR count). The van der Waals surface area contributed by atoms with E-state index in [4.69, 9.17) is 14.6 Å². The molecule has 1 saturated carbocycles. The molecule has 0 amide bonds. The fourth-order valence-electron chi connectivity index (χ4n) is 1.83. The highest BCUT2D eigenvalue weighted by atomic mass is 79.9. The largest absolute Gasteiger partial charge is 0.493 e. The second-order valence-electron chi connectivity index (χ2n) is 4.67. The Morgan fingerprint density at radius 3 is 2.79 bits per heavy atom. The van der Waals surface area contributed by atoms with Crippen molar-refractivity contribution in [1.82, 2.24) is 0 Å². The Bertz CT molecular complexity index is 469. The quantitative estimate of drug-likeness (QED) is 0.833. The van der Waals surface area contributed by atoms with E-state index in [1.54, 1.807) is 7.11 Å². The summed E-state index contributed by atoms with van der Waals surface area (Å²) >= 11 is 3.49. The van der Waals surface area contributed by atoms with E-state index in [-0.39, 0.29) is 6.42 Å². The number of carboxylic acid groups (broad SMARTS) is 1. The van der Waals surface area contributed by atoms with E-state index < -0.39 is 5.97 Å². The van der Waals surface area contributed by atoms with Gasteiger partial charge >= 0.3 is 5.97 Å². The van der Waals surface area contributed by atoms with Gasteiger partial charge in [-0.1, -0.05) is 0 Å². The molecule has 104 valence electrons. The van der Waals surface area contributed by atoms with Crippen LogP contribution in [0.4, 0.5) is 0 Å². The summed E-state index contributed by atoms with van der Waals surface area (Å²) in [6, 6.07) is 3.90. The third-order valence-electron chi connectivity index (χ3n) is 2.95. The van der Waals surface area contributed by atoms with Gasteiger partial charge in [-0.15, -0.1) is 0 Å². The average molecular weight is 329 g/mol. The Balaban J connectivity index is 2.08. The number of carboxylic acids is 1. The minimum Gasteiger partial charge on any atom is -0.493 e. The van der Waals surface area contributed by atoms with Crippen LogP contribution in [0.1, 0.15) is 31.2 Å². The van der Waals surface area contributed by atoms with Crippen molar-refractivity contribution in [3.05, 3.63) is 22.2 Å². The molecule has 0 unspecified atom stereocenters. The Hall–Kier alpha value is -1.23. The zero-order chi connectivity index (χ0) is 13.8. The number of methoxy groups -OCH3 is 1. The Morgan fingerprint density at radius 1 is 1.47 bits per heavy atom. The van der Waals surface area contributed by atoms with Crippen LogP contribution < -0.4 is 9.47 Å². The van der Waals surface area contributed by atoms with E-state index in [0.717, 1.165) is 28.6 Å². The maximum absolute atomic E-state index is 10.5. The van der Waals surface area contributed by atoms with E-state index >= 15 is 0 Å². The molecule has 5 heteroatoms. The van der Waals surface area contributed by atoms with E-state index in [1.807, 2.05) is 12.1 Å². The van der Waals surface area contributed by atoms with Gasteiger partial charge in [0.25, 0.3) is 0 Å². The molecule has 0 aliphatic heterocycles. The summed E-state index contributed by atoms with van der Waals surface area (Å²) in [5.41, 5.74) is 1.05. The highest BCUT2D eigenvalue weighted by Crippen LogP contribution is 2.40. The van der Waals surface area contributed by atoms with Gasteiger partial charge in [0.1, 0.15) is 0 Å². The van der Waals surface area contributed by atoms with Gasteiger partial charge in [0.2, 0.25) is 0 Å². The van der Waals surface area contributed by atoms with E-state index in [1.165, 1.54) is 0 Å². The summed E-state index contributed by atoms with van der Waals surface area (Å²) in [6.07, 6.45) is 4.01. The van der Waals surface area contributed by atoms with Gasteiger partial charge in [-0.3, -0.25) is 4.79 Å². The molecule has 0 radical (unpaired) electrons. The number of aryl methyl sites for hydroxylation is 1. The van der Waals surface area contributed by atoms with Crippen LogP contribution in [0.15, 0.2) is 16.6 Å². The molecule has 0 aromatic heterocycles. The van der Waals surface area contributed by atoms with Crippen molar-refractivity contribution >= 4 is 21.9 Å². The minimum absolute atomic E-state index is 0.181. The van der Waals surface area contributed by atoms with Crippen LogP contribution in [0, 0.1) is 0 Å². The van der Waals surface area contributed by atoms with Gasteiger partial charge in [0.05, 0.1) is 17.7 Å². The van der Waals surface area contributed by atoms with E-state index in [2.05, 4.69) is 15.9 Å². The summed E-state index contributed by atoms with van der Waals surface area (Å²) in [5.74, 6) is 0.679. The smallest absolute Gasteiger partial charge is 0.303 e. The Kier molecular flexibility index (Phi) is 4.69. The molecule has 19 heavy (non-hydrogen) atoms. The number of ether oxygens (including phenoxy) is 2. The van der Waals surface area contributed by atoms with Crippen molar-refractivity contribution in [3.63, 3.8) is 0 Å². The van der Waals surface area contributed by atoms with Crippen LogP contribution in [0.2, 0.25) is 0 Å². The van der Waals surface area contributed by atoms with E-state index in [9.17, 15) is 4.79 Å². The molecule has 1 aliphatic rings. The highest BCUT2D eigenvalue weighted by Gasteiger charge is 2.26. The van der Waals surface area contributed by atoms with Crippen LogP contribution in [-0.2, 0) is 11.2 Å². The third kappa shape index (κ3) is 4.13.